The number of hydrogen-bond donors (Lipinski definition) is 2. The molecule has 7 nitrogen and oxygen atoms in total. The predicted molar refractivity (Wildman–Crippen MR) is 78.2 cm³/mol. The zero-order chi connectivity index (χ0) is 16.4. The van der Waals surface area contributed by atoms with Gasteiger partial charge in [0.1, 0.15) is 5.82 Å². The molecular formula is C14H20F2N4O3. The molecule has 0 bridgehead atoms. The molecular weight excluding hydrogens is 310 g/mol. The SMILES string of the molecule is Nc1ccn([C@@H]2O[C@H](CNC3CCOCC3)CC2(F)F)c(=O)n1. The van der Waals surface area contributed by atoms with Gasteiger partial charge in [-0.05, 0) is 18.9 Å². The van der Waals surface area contributed by atoms with Crippen molar-refractivity contribution in [3.63, 3.8) is 0 Å². The van der Waals surface area contributed by atoms with Crippen LogP contribution in [0, 0.1) is 0 Å². The Morgan fingerprint density at radius 1 is 1.43 bits per heavy atom. The van der Waals surface area contributed by atoms with Gasteiger partial charge in [0.05, 0.1) is 6.10 Å². The Hall–Kier alpha value is -1.58. The molecule has 3 heterocycles. The normalized spacial score (nSPS) is 28.1. The number of alkyl halides is 2. The summed E-state index contributed by atoms with van der Waals surface area (Å²) in [5.41, 5.74) is 4.54. The lowest BCUT2D eigenvalue weighted by Gasteiger charge is -2.24. The highest BCUT2D eigenvalue weighted by Gasteiger charge is 2.51. The van der Waals surface area contributed by atoms with Crippen LogP contribution in [0.3, 0.4) is 0 Å². The average molecular weight is 330 g/mol. The molecule has 1 aromatic heterocycles. The first kappa shape index (κ1) is 16.3. The summed E-state index contributed by atoms with van der Waals surface area (Å²) in [6.07, 6.45) is 0.149. The molecule has 0 unspecified atom stereocenters. The highest BCUT2D eigenvalue weighted by Crippen LogP contribution is 2.41. The smallest absolute Gasteiger partial charge is 0.351 e. The predicted octanol–water partition coefficient (Wildman–Crippen LogP) is 0.517. The first-order chi connectivity index (χ1) is 11.0. The van der Waals surface area contributed by atoms with Gasteiger partial charge in [-0.2, -0.15) is 4.98 Å². The van der Waals surface area contributed by atoms with E-state index in [4.69, 9.17) is 15.2 Å². The van der Waals surface area contributed by atoms with Crippen molar-refractivity contribution in [2.24, 2.45) is 0 Å². The molecule has 0 saturated carbocycles. The molecule has 2 atom stereocenters. The van der Waals surface area contributed by atoms with Crippen molar-refractivity contribution >= 4 is 5.82 Å². The number of halogens is 2. The van der Waals surface area contributed by atoms with E-state index >= 15 is 0 Å². The van der Waals surface area contributed by atoms with E-state index in [0.717, 1.165) is 17.4 Å². The molecule has 128 valence electrons. The minimum Gasteiger partial charge on any atom is -0.383 e. The highest BCUT2D eigenvalue weighted by atomic mass is 19.3. The third-order valence-corrected chi connectivity index (χ3v) is 4.14. The molecule has 2 fully saturated rings. The van der Waals surface area contributed by atoms with Gasteiger partial charge >= 0.3 is 5.69 Å². The maximum Gasteiger partial charge on any atom is 0.351 e. The lowest BCUT2D eigenvalue weighted by molar-refractivity contribution is -0.117. The first-order valence-corrected chi connectivity index (χ1v) is 7.65. The third-order valence-electron chi connectivity index (χ3n) is 4.14. The Kier molecular flexibility index (Phi) is 4.60. The van der Waals surface area contributed by atoms with Gasteiger partial charge in [-0.15, -0.1) is 0 Å². The maximum atomic E-state index is 14.2. The number of hydrogen-bond acceptors (Lipinski definition) is 6. The van der Waals surface area contributed by atoms with Crippen molar-refractivity contribution in [1.82, 2.24) is 14.9 Å². The molecule has 2 aliphatic heterocycles. The van der Waals surface area contributed by atoms with E-state index in [0.29, 0.717) is 19.8 Å². The lowest BCUT2D eigenvalue weighted by atomic mass is 10.1. The molecule has 0 radical (unpaired) electrons. The van der Waals surface area contributed by atoms with Crippen LogP contribution in [0.5, 0.6) is 0 Å². The van der Waals surface area contributed by atoms with Gasteiger partial charge in [-0.3, -0.25) is 4.57 Å². The molecule has 3 N–H and O–H groups in total. The van der Waals surface area contributed by atoms with E-state index in [1.165, 1.54) is 12.3 Å². The fourth-order valence-electron chi connectivity index (χ4n) is 2.93. The van der Waals surface area contributed by atoms with Crippen LogP contribution in [0.4, 0.5) is 14.6 Å². The summed E-state index contributed by atoms with van der Waals surface area (Å²) in [4.78, 5) is 15.2. The molecule has 1 aromatic rings. The van der Waals surface area contributed by atoms with Gasteiger partial charge in [0, 0.05) is 38.4 Å². The fourth-order valence-corrected chi connectivity index (χ4v) is 2.93. The molecule has 0 aliphatic carbocycles. The standard InChI is InChI=1S/C14H20F2N4O3/c15-14(16)7-10(8-18-9-2-5-22-6-3-9)23-12(14)20-4-1-11(17)19-13(20)21/h1,4,9-10,12,18H,2-3,5-8H2,(H2,17,19,21)/t10-,12+/m0/s1. The number of nitrogens with two attached hydrogens (primary N) is 1. The van der Waals surface area contributed by atoms with Crippen LogP contribution in [-0.2, 0) is 9.47 Å². The van der Waals surface area contributed by atoms with Gasteiger partial charge in [0.25, 0.3) is 5.92 Å². The Bertz CT molecular complexity index is 604. The summed E-state index contributed by atoms with van der Waals surface area (Å²) in [5.74, 6) is -3.14. The van der Waals surface area contributed by atoms with E-state index in [1.54, 1.807) is 0 Å². The van der Waals surface area contributed by atoms with Crippen LogP contribution in [0.2, 0.25) is 0 Å². The molecule has 0 aromatic carbocycles. The number of aromatic nitrogens is 2. The average Bonchev–Trinajstić information content (AvgIpc) is 2.81. The van der Waals surface area contributed by atoms with Crippen molar-refractivity contribution in [2.75, 3.05) is 25.5 Å². The van der Waals surface area contributed by atoms with Crippen molar-refractivity contribution in [3.8, 4) is 0 Å². The van der Waals surface area contributed by atoms with Crippen molar-refractivity contribution in [2.45, 2.75) is 43.6 Å². The molecule has 2 saturated heterocycles. The Balaban J connectivity index is 1.65. The summed E-state index contributed by atoms with van der Waals surface area (Å²) < 4.78 is 39.9. The van der Waals surface area contributed by atoms with Gasteiger partial charge in [-0.25, -0.2) is 13.6 Å². The van der Waals surface area contributed by atoms with E-state index in [1.807, 2.05) is 0 Å². The number of nitrogens with one attached hydrogen (secondary N) is 1. The number of rotatable bonds is 4. The van der Waals surface area contributed by atoms with Crippen LogP contribution in [-0.4, -0.2) is 47.4 Å². The van der Waals surface area contributed by atoms with Crippen LogP contribution >= 0.6 is 0 Å². The Morgan fingerprint density at radius 3 is 2.87 bits per heavy atom. The third kappa shape index (κ3) is 3.67. The highest BCUT2D eigenvalue weighted by molar-refractivity contribution is 5.23. The number of nitrogen functional groups attached to an aromatic ring is 1. The second-order valence-corrected chi connectivity index (χ2v) is 5.91. The topological polar surface area (TPSA) is 91.4 Å². The summed E-state index contributed by atoms with van der Waals surface area (Å²) in [6, 6.07) is 1.55. The molecule has 2 aliphatic rings. The second kappa shape index (κ2) is 6.50. The van der Waals surface area contributed by atoms with E-state index in [2.05, 4.69) is 10.3 Å². The van der Waals surface area contributed by atoms with Gasteiger partial charge in [0.15, 0.2) is 0 Å². The number of anilines is 1. The Labute approximate surface area is 131 Å². The van der Waals surface area contributed by atoms with Crippen LogP contribution in [0.15, 0.2) is 17.1 Å². The maximum absolute atomic E-state index is 14.2. The zero-order valence-corrected chi connectivity index (χ0v) is 12.6. The van der Waals surface area contributed by atoms with E-state index in [-0.39, 0.29) is 11.9 Å². The molecule has 9 heteroatoms. The summed E-state index contributed by atoms with van der Waals surface area (Å²) in [6.45, 7) is 1.66. The van der Waals surface area contributed by atoms with E-state index < -0.39 is 30.4 Å². The van der Waals surface area contributed by atoms with Crippen LogP contribution < -0.4 is 16.7 Å². The quantitative estimate of drug-likeness (QED) is 0.836. The van der Waals surface area contributed by atoms with Crippen LogP contribution in [0.1, 0.15) is 25.5 Å². The summed E-state index contributed by atoms with van der Waals surface area (Å²) in [5, 5.41) is 3.24. The minimum absolute atomic E-state index is 0.00898. The molecule has 3 rings (SSSR count). The van der Waals surface area contributed by atoms with E-state index in [9.17, 15) is 13.6 Å². The molecule has 23 heavy (non-hydrogen) atoms. The zero-order valence-electron chi connectivity index (χ0n) is 12.6. The van der Waals surface area contributed by atoms with Crippen molar-refractivity contribution < 1.29 is 18.3 Å². The van der Waals surface area contributed by atoms with Crippen molar-refractivity contribution in [3.05, 3.63) is 22.7 Å². The molecule has 0 spiro atoms. The fraction of sp³-hybridized carbons (Fsp3) is 0.714. The van der Waals surface area contributed by atoms with Crippen LogP contribution in [0.25, 0.3) is 0 Å². The van der Waals surface area contributed by atoms with Gasteiger partial charge < -0.3 is 20.5 Å². The number of nitrogens with zero attached hydrogens (tertiary/aromatic N) is 2. The second-order valence-electron chi connectivity index (χ2n) is 5.91. The minimum atomic E-state index is -3.14. The monoisotopic (exact) mass is 330 g/mol. The van der Waals surface area contributed by atoms with Gasteiger partial charge in [-0.1, -0.05) is 0 Å². The first-order valence-electron chi connectivity index (χ1n) is 7.65. The summed E-state index contributed by atoms with van der Waals surface area (Å²) >= 11 is 0. The number of ether oxygens (including phenoxy) is 2. The lowest BCUT2D eigenvalue weighted by Crippen LogP contribution is -2.39. The molecule has 0 amide bonds. The van der Waals surface area contributed by atoms with Gasteiger partial charge in [0.2, 0.25) is 6.23 Å². The Morgan fingerprint density at radius 2 is 2.17 bits per heavy atom. The largest absolute Gasteiger partial charge is 0.383 e. The van der Waals surface area contributed by atoms with Crippen molar-refractivity contribution in [1.29, 1.82) is 0 Å². The summed E-state index contributed by atoms with van der Waals surface area (Å²) in [7, 11) is 0.